The number of aromatic nitrogens is 9. The van der Waals surface area contributed by atoms with Crippen molar-refractivity contribution in [1.82, 2.24) is 45.0 Å². The van der Waals surface area contributed by atoms with E-state index >= 15 is 0 Å². The standard InChI is InChI=1S/C71H79N9O3/c1-66(2,3)42-68(7,8)49-36-45(63(81)59(39-49)78-72-54-29-18-19-30-55(54)73-78)34-46-37-50(69(9,10)43-67(4,5)6)40-60(64(46)82)80-76-58-33-23-28-52(62(58)77-80)44-24-22-27-48(35-44)71(13,14)53-38-51(70(11,12)47-25-16-15-17-26-47)41-61(65(53)83)79-74-56-31-20-21-32-57(56)75-79/h15-33,35-36,38-41,46,81-83H,34,37,42-43H2,1-14H3. The summed E-state index contributed by atoms with van der Waals surface area (Å²) in [5, 5.41) is 67.6. The minimum Gasteiger partial charge on any atom is -0.510 e. The van der Waals surface area contributed by atoms with Gasteiger partial charge in [-0.3, -0.25) is 0 Å². The van der Waals surface area contributed by atoms with E-state index in [1.165, 1.54) is 5.57 Å². The Morgan fingerprint density at radius 1 is 0.446 bits per heavy atom. The monoisotopic (exact) mass is 1110 g/mol. The summed E-state index contributed by atoms with van der Waals surface area (Å²) < 4.78 is 0. The number of allylic oxidation sites excluding steroid dienone is 4. The lowest BCUT2D eigenvalue weighted by atomic mass is 9.67. The third-order valence-corrected chi connectivity index (χ3v) is 17.2. The summed E-state index contributed by atoms with van der Waals surface area (Å²) in [6, 6.07) is 48.7. The van der Waals surface area contributed by atoms with Crippen molar-refractivity contribution in [2.75, 3.05) is 0 Å². The van der Waals surface area contributed by atoms with E-state index in [2.05, 4.69) is 170 Å². The lowest BCUT2D eigenvalue weighted by Gasteiger charge is -2.38. The van der Waals surface area contributed by atoms with Crippen LogP contribution in [-0.2, 0) is 22.7 Å². The third-order valence-electron chi connectivity index (χ3n) is 17.2. The fourth-order valence-electron chi connectivity index (χ4n) is 13.3. The number of phenolic OH excluding ortho intramolecular Hbond substituents is 2. The normalized spacial score (nSPS) is 15.0. The van der Waals surface area contributed by atoms with Crippen molar-refractivity contribution in [3.05, 3.63) is 196 Å². The molecule has 10 aromatic rings. The predicted octanol–water partition coefficient (Wildman–Crippen LogP) is 16.7. The summed E-state index contributed by atoms with van der Waals surface area (Å²) in [4.78, 5) is 4.72. The van der Waals surface area contributed by atoms with Gasteiger partial charge in [-0.15, -0.1) is 45.0 Å². The molecule has 1 unspecified atom stereocenters. The maximum Gasteiger partial charge on any atom is 0.147 e. The van der Waals surface area contributed by atoms with E-state index in [9.17, 15) is 15.3 Å². The van der Waals surface area contributed by atoms with Gasteiger partial charge in [-0.2, -0.15) is 0 Å². The fraction of sp³-hybridized carbons (Fsp3) is 0.352. The Kier molecular flexibility index (Phi) is 13.9. The van der Waals surface area contributed by atoms with Crippen molar-refractivity contribution in [2.45, 2.75) is 139 Å². The third kappa shape index (κ3) is 11.0. The summed E-state index contributed by atoms with van der Waals surface area (Å²) in [6.07, 6.45) is 4.79. The van der Waals surface area contributed by atoms with E-state index in [0.29, 0.717) is 46.5 Å². The number of rotatable bonds is 14. The Hall–Kier alpha value is -8.38. The van der Waals surface area contributed by atoms with Gasteiger partial charge in [-0.25, -0.2) is 0 Å². The van der Waals surface area contributed by atoms with Crippen molar-refractivity contribution < 1.29 is 15.3 Å². The largest absolute Gasteiger partial charge is 0.510 e. The first-order valence-electron chi connectivity index (χ1n) is 29.1. The number of nitrogens with zero attached hydrogens (tertiary/aromatic N) is 9. The Labute approximate surface area is 488 Å². The zero-order chi connectivity index (χ0) is 59.2. The molecule has 426 valence electrons. The molecule has 11 rings (SSSR count). The first-order valence-corrected chi connectivity index (χ1v) is 29.1. The molecule has 0 fully saturated rings. The molecule has 0 amide bonds. The van der Waals surface area contributed by atoms with Gasteiger partial charge in [0.15, 0.2) is 0 Å². The van der Waals surface area contributed by atoms with Gasteiger partial charge in [0.1, 0.15) is 67.4 Å². The molecule has 12 heteroatoms. The Morgan fingerprint density at radius 3 is 1.54 bits per heavy atom. The van der Waals surface area contributed by atoms with Gasteiger partial charge in [0, 0.05) is 27.9 Å². The molecule has 1 aliphatic rings. The lowest BCUT2D eigenvalue weighted by molar-refractivity contribution is 0.232. The average molecular weight is 1110 g/mol. The SMILES string of the molecule is CC(C)(C)CC(C)(C)C1=CC(n2nc3cccc(-c4cccc(C(C)(C)c5cc(C(C)(C)c6ccccc6)cc(-n6nc7ccccc7n6)c5O)c4)c3n2)=C(O)C(Cc2cc(C(C)(C)CC(C)(C)C)cc(-n3nc4ccccc4n3)c2O)C1. The first-order chi connectivity index (χ1) is 39.1. The highest BCUT2D eigenvalue weighted by Crippen LogP contribution is 2.49. The van der Waals surface area contributed by atoms with E-state index < -0.39 is 16.7 Å². The number of phenols is 2. The van der Waals surface area contributed by atoms with Gasteiger partial charge in [-0.05, 0) is 129 Å². The number of hydrogen-bond donors (Lipinski definition) is 3. The van der Waals surface area contributed by atoms with Crippen LogP contribution in [0.2, 0.25) is 0 Å². The molecule has 3 N–H and O–H groups in total. The van der Waals surface area contributed by atoms with Gasteiger partial charge in [0.25, 0.3) is 0 Å². The van der Waals surface area contributed by atoms with Crippen LogP contribution in [0.15, 0.2) is 163 Å². The molecule has 3 heterocycles. The van der Waals surface area contributed by atoms with E-state index in [0.717, 1.165) is 73.9 Å². The van der Waals surface area contributed by atoms with Crippen LogP contribution in [-0.4, -0.2) is 60.3 Å². The molecule has 12 nitrogen and oxygen atoms in total. The highest BCUT2D eigenvalue weighted by atomic mass is 16.3. The Bertz CT molecular complexity index is 4110. The van der Waals surface area contributed by atoms with Crippen LogP contribution < -0.4 is 0 Å². The predicted molar refractivity (Wildman–Crippen MR) is 335 cm³/mol. The average Bonchev–Trinajstić information content (AvgIpc) is 2.80. The minimum atomic E-state index is -0.732. The Balaban J connectivity index is 1.01. The molecule has 0 saturated carbocycles. The zero-order valence-corrected chi connectivity index (χ0v) is 50.7. The topological polar surface area (TPSA) is 153 Å². The van der Waals surface area contributed by atoms with Crippen LogP contribution in [0.3, 0.4) is 0 Å². The number of aliphatic hydroxyl groups is 1. The number of hydrogen-bond acceptors (Lipinski definition) is 9. The minimum absolute atomic E-state index is 0.00891. The first kappa shape index (κ1) is 56.5. The van der Waals surface area contributed by atoms with E-state index in [1.807, 2.05) is 78.9 Å². The summed E-state index contributed by atoms with van der Waals surface area (Å²) in [5.74, 6) is -0.0879. The van der Waals surface area contributed by atoms with E-state index in [4.69, 9.17) is 30.6 Å². The quantitative estimate of drug-likeness (QED) is 0.0966. The van der Waals surface area contributed by atoms with Gasteiger partial charge in [-0.1, -0.05) is 206 Å². The van der Waals surface area contributed by atoms with Crippen molar-refractivity contribution in [2.24, 2.45) is 22.2 Å². The summed E-state index contributed by atoms with van der Waals surface area (Å²) >= 11 is 0. The molecule has 0 aliphatic heterocycles. The number of benzene rings is 7. The highest BCUT2D eigenvalue weighted by Gasteiger charge is 2.38. The number of fused-ring (bicyclic) bond motifs is 3. The smallest absolute Gasteiger partial charge is 0.147 e. The highest BCUT2D eigenvalue weighted by molar-refractivity contribution is 5.92. The van der Waals surface area contributed by atoms with Crippen LogP contribution in [0.25, 0.3) is 61.3 Å². The van der Waals surface area contributed by atoms with Gasteiger partial charge >= 0.3 is 0 Å². The van der Waals surface area contributed by atoms with Crippen molar-refractivity contribution in [3.63, 3.8) is 0 Å². The molecule has 0 saturated heterocycles. The molecule has 0 radical (unpaired) electrons. The molecular formula is C71H79N9O3. The fourth-order valence-corrected chi connectivity index (χ4v) is 13.3. The lowest BCUT2D eigenvalue weighted by Crippen LogP contribution is -2.28. The van der Waals surface area contributed by atoms with Crippen LogP contribution in [0.5, 0.6) is 11.5 Å². The summed E-state index contributed by atoms with van der Waals surface area (Å²) in [5.41, 5.74) is 12.7. The van der Waals surface area contributed by atoms with Crippen LogP contribution >= 0.6 is 0 Å². The summed E-state index contributed by atoms with van der Waals surface area (Å²) in [7, 11) is 0. The second kappa shape index (κ2) is 20.5. The zero-order valence-electron chi connectivity index (χ0n) is 50.7. The molecule has 83 heavy (non-hydrogen) atoms. The second-order valence-electron chi connectivity index (χ2n) is 28.0. The van der Waals surface area contributed by atoms with Gasteiger partial charge in [0.2, 0.25) is 0 Å². The molecule has 7 aromatic carbocycles. The van der Waals surface area contributed by atoms with Gasteiger partial charge < -0.3 is 15.3 Å². The molecule has 1 aliphatic carbocycles. The second-order valence-corrected chi connectivity index (χ2v) is 28.0. The van der Waals surface area contributed by atoms with Crippen LogP contribution in [0.1, 0.15) is 150 Å². The molecule has 0 spiro atoms. The van der Waals surface area contributed by atoms with Crippen molar-refractivity contribution >= 4 is 38.8 Å². The number of aliphatic hydroxyl groups excluding tert-OH is 1. The van der Waals surface area contributed by atoms with Crippen LogP contribution in [0.4, 0.5) is 0 Å². The van der Waals surface area contributed by atoms with E-state index in [1.54, 1.807) is 14.4 Å². The maximum atomic E-state index is 12.8. The number of aromatic hydroxyl groups is 2. The molecule has 1 atom stereocenters. The maximum absolute atomic E-state index is 12.8. The summed E-state index contributed by atoms with van der Waals surface area (Å²) in [6.45, 7) is 31.4. The van der Waals surface area contributed by atoms with Crippen molar-refractivity contribution in [3.8, 4) is 34.0 Å². The Morgan fingerprint density at radius 2 is 0.952 bits per heavy atom. The molecule has 0 bridgehead atoms. The van der Waals surface area contributed by atoms with Gasteiger partial charge in [0.05, 0.1) is 0 Å². The molecular weight excluding hydrogens is 1030 g/mol. The molecule has 3 aromatic heterocycles. The van der Waals surface area contributed by atoms with Crippen LogP contribution in [0, 0.1) is 22.2 Å². The van der Waals surface area contributed by atoms with E-state index in [-0.39, 0.29) is 38.9 Å². The van der Waals surface area contributed by atoms with Crippen molar-refractivity contribution in [1.29, 1.82) is 0 Å².